The van der Waals surface area contributed by atoms with Crippen molar-refractivity contribution >= 4 is 0 Å². The predicted octanol–water partition coefficient (Wildman–Crippen LogP) is 4.21. The van der Waals surface area contributed by atoms with Crippen LogP contribution in [-0.2, 0) is 4.74 Å². The number of hydrogen-bond acceptors (Lipinski definition) is 2. The average molecular weight is 258 g/mol. The van der Waals surface area contributed by atoms with Crippen molar-refractivity contribution in [2.75, 3.05) is 0 Å². The first kappa shape index (κ1) is 12.7. The quantitative estimate of drug-likeness (QED) is 0.764. The van der Waals surface area contributed by atoms with Gasteiger partial charge in [0.05, 0.1) is 11.7 Å². The summed E-state index contributed by atoms with van der Waals surface area (Å²) in [7, 11) is 0. The molecule has 1 aliphatic carbocycles. The van der Waals surface area contributed by atoms with Crippen LogP contribution in [0.3, 0.4) is 0 Å². The highest BCUT2D eigenvalue weighted by atomic mass is 16.5. The van der Waals surface area contributed by atoms with Crippen LogP contribution in [0.5, 0.6) is 5.75 Å². The van der Waals surface area contributed by atoms with Gasteiger partial charge in [0.2, 0.25) is 0 Å². The molecule has 1 aromatic carbocycles. The Morgan fingerprint density at radius 3 is 2.58 bits per heavy atom. The van der Waals surface area contributed by atoms with Gasteiger partial charge in [0.25, 0.3) is 0 Å². The van der Waals surface area contributed by atoms with Gasteiger partial charge >= 0.3 is 0 Å². The number of hydrogen-bond donors (Lipinski definition) is 1. The normalized spacial score (nSPS) is 32.8. The average Bonchev–Trinajstić information content (AvgIpc) is 2.37. The van der Waals surface area contributed by atoms with Crippen LogP contribution in [0, 0.1) is 11.8 Å². The van der Waals surface area contributed by atoms with Crippen molar-refractivity contribution in [3.05, 3.63) is 41.5 Å². The molecule has 1 heterocycles. The zero-order valence-electron chi connectivity index (χ0n) is 11.9. The lowest BCUT2D eigenvalue weighted by Crippen LogP contribution is -2.45. The third kappa shape index (κ3) is 2.18. The maximum atomic E-state index is 9.43. The molecule has 1 aliphatic heterocycles. The van der Waals surface area contributed by atoms with Crippen molar-refractivity contribution in [2.45, 2.75) is 45.3 Å². The third-order valence-corrected chi connectivity index (χ3v) is 4.85. The van der Waals surface area contributed by atoms with Crippen LogP contribution < -0.4 is 0 Å². The molecule has 0 saturated carbocycles. The van der Waals surface area contributed by atoms with E-state index < -0.39 is 0 Å². The van der Waals surface area contributed by atoms with E-state index in [1.54, 1.807) is 12.1 Å². The first-order valence-corrected chi connectivity index (χ1v) is 7.11. The Balaban J connectivity index is 1.97. The first-order chi connectivity index (χ1) is 8.97. The van der Waals surface area contributed by atoms with Gasteiger partial charge in [-0.05, 0) is 57.2 Å². The second kappa shape index (κ2) is 4.38. The Labute approximate surface area is 115 Å². The van der Waals surface area contributed by atoms with E-state index in [4.69, 9.17) is 4.74 Å². The largest absolute Gasteiger partial charge is 0.508 e. The minimum atomic E-state index is -0.0732. The van der Waals surface area contributed by atoms with Gasteiger partial charge in [-0.1, -0.05) is 23.8 Å². The number of benzene rings is 1. The van der Waals surface area contributed by atoms with Crippen LogP contribution in [0.15, 0.2) is 35.9 Å². The first-order valence-electron chi connectivity index (χ1n) is 7.11. The molecule has 0 aromatic heterocycles. The van der Waals surface area contributed by atoms with Crippen molar-refractivity contribution in [1.82, 2.24) is 0 Å². The molecule has 2 nitrogen and oxygen atoms in total. The Kier molecular flexibility index (Phi) is 2.94. The number of aromatic hydroxyl groups is 1. The van der Waals surface area contributed by atoms with Gasteiger partial charge in [-0.15, -0.1) is 0 Å². The lowest BCUT2D eigenvalue weighted by molar-refractivity contribution is -0.166. The minimum Gasteiger partial charge on any atom is -0.508 e. The summed E-state index contributed by atoms with van der Waals surface area (Å²) >= 11 is 0. The third-order valence-electron chi connectivity index (χ3n) is 4.85. The molecule has 1 saturated heterocycles. The molecule has 1 aromatic rings. The summed E-state index contributed by atoms with van der Waals surface area (Å²) in [5, 5.41) is 9.43. The van der Waals surface area contributed by atoms with Crippen LogP contribution >= 0.6 is 0 Å². The molecular weight excluding hydrogens is 236 g/mol. The van der Waals surface area contributed by atoms with Gasteiger partial charge in [-0.3, -0.25) is 0 Å². The molecule has 0 spiro atoms. The van der Waals surface area contributed by atoms with Crippen LogP contribution in [-0.4, -0.2) is 10.7 Å². The van der Waals surface area contributed by atoms with E-state index >= 15 is 0 Å². The van der Waals surface area contributed by atoms with Gasteiger partial charge in [0, 0.05) is 5.92 Å². The maximum absolute atomic E-state index is 9.43. The fourth-order valence-electron chi connectivity index (χ4n) is 3.47. The number of phenols is 1. The van der Waals surface area contributed by atoms with Gasteiger partial charge in [0.15, 0.2) is 0 Å². The second-order valence-corrected chi connectivity index (χ2v) is 6.46. The molecule has 1 fully saturated rings. The highest BCUT2D eigenvalue weighted by molar-refractivity contribution is 5.30. The number of allylic oxidation sites excluding steroid dienone is 1. The van der Waals surface area contributed by atoms with E-state index in [0.29, 0.717) is 17.6 Å². The van der Waals surface area contributed by atoms with Crippen molar-refractivity contribution in [1.29, 1.82) is 0 Å². The molecule has 3 atom stereocenters. The Morgan fingerprint density at radius 2 is 1.89 bits per heavy atom. The highest BCUT2D eigenvalue weighted by Crippen LogP contribution is 2.50. The summed E-state index contributed by atoms with van der Waals surface area (Å²) in [6, 6.07) is 7.47. The predicted molar refractivity (Wildman–Crippen MR) is 76.0 cm³/mol. The summed E-state index contributed by atoms with van der Waals surface area (Å²) in [6.07, 6.45) is 4.85. The monoisotopic (exact) mass is 258 g/mol. The van der Waals surface area contributed by atoms with Crippen molar-refractivity contribution in [3.63, 3.8) is 0 Å². The molecule has 2 bridgehead atoms. The van der Waals surface area contributed by atoms with E-state index in [1.165, 1.54) is 17.6 Å². The van der Waals surface area contributed by atoms with E-state index in [2.05, 4.69) is 26.8 Å². The van der Waals surface area contributed by atoms with Gasteiger partial charge < -0.3 is 9.84 Å². The molecule has 102 valence electrons. The lowest BCUT2D eigenvalue weighted by Gasteiger charge is -2.49. The topological polar surface area (TPSA) is 29.5 Å². The summed E-state index contributed by atoms with van der Waals surface area (Å²) in [4.78, 5) is 0. The SMILES string of the molecule is CC1=CC[C@@H]2C[C@H]1[C@@H](c1ccc(O)cc1)OC2(C)C. The maximum Gasteiger partial charge on any atom is 0.115 e. The van der Waals surface area contributed by atoms with Crippen LogP contribution in [0.2, 0.25) is 0 Å². The minimum absolute atomic E-state index is 0.0732. The number of phenolic OH excluding ortho intramolecular Hbond substituents is 1. The van der Waals surface area contributed by atoms with Gasteiger partial charge in [-0.2, -0.15) is 0 Å². The fourth-order valence-corrected chi connectivity index (χ4v) is 3.47. The summed E-state index contributed by atoms with van der Waals surface area (Å²) in [6.45, 7) is 6.63. The fraction of sp³-hybridized carbons (Fsp3) is 0.529. The Bertz CT molecular complexity index is 498. The molecule has 1 N–H and O–H groups in total. The Morgan fingerprint density at radius 1 is 1.21 bits per heavy atom. The zero-order valence-corrected chi connectivity index (χ0v) is 11.9. The lowest BCUT2D eigenvalue weighted by atomic mass is 9.69. The number of ether oxygens (including phenoxy) is 1. The highest BCUT2D eigenvalue weighted by Gasteiger charge is 2.45. The van der Waals surface area contributed by atoms with Crippen LogP contribution in [0.1, 0.15) is 45.3 Å². The molecule has 2 aliphatic rings. The van der Waals surface area contributed by atoms with E-state index in [0.717, 1.165) is 6.42 Å². The van der Waals surface area contributed by atoms with Crippen molar-refractivity contribution in [2.24, 2.45) is 11.8 Å². The standard InChI is InChI=1S/C17H22O2/c1-11-4-7-13-10-15(11)16(19-17(13,2)3)12-5-8-14(18)9-6-12/h4-6,8-9,13,15-16,18H,7,10H2,1-3H3/t13-,15-,16-/m1/s1. The molecule has 3 rings (SSSR count). The van der Waals surface area contributed by atoms with Crippen LogP contribution in [0.25, 0.3) is 0 Å². The second-order valence-electron chi connectivity index (χ2n) is 6.46. The summed E-state index contributed by atoms with van der Waals surface area (Å²) in [5.41, 5.74) is 2.55. The van der Waals surface area contributed by atoms with Crippen LogP contribution in [0.4, 0.5) is 0 Å². The smallest absolute Gasteiger partial charge is 0.115 e. The van der Waals surface area contributed by atoms with E-state index in [-0.39, 0.29) is 11.7 Å². The van der Waals surface area contributed by atoms with Gasteiger partial charge in [0.1, 0.15) is 5.75 Å². The Hall–Kier alpha value is -1.28. The molecule has 19 heavy (non-hydrogen) atoms. The van der Waals surface area contributed by atoms with E-state index in [9.17, 15) is 5.11 Å². The summed E-state index contributed by atoms with van der Waals surface area (Å²) < 4.78 is 6.41. The van der Waals surface area contributed by atoms with Gasteiger partial charge in [-0.25, -0.2) is 0 Å². The van der Waals surface area contributed by atoms with Crippen molar-refractivity contribution in [3.8, 4) is 5.75 Å². The molecule has 2 heteroatoms. The summed E-state index contributed by atoms with van der Waals surface area (Å²) in [5.74, 6) is 1.42. The van der Waals surface area contributed by atoms with E-state index in [1.807, 2.05) is 12.1 Å². The van der Waals surface area contributed by atoms with Crippen molar-refractivity contribution < 1.29 is 9.84 Å². The molecule has 0 unspecified atom stereocenters. The number of rotatable bonds is 1. The zero-order chi connectivity index (χ0) is 13.6. The molecule has 0 radical (unpaired) electrons. The molecule has 0 amide bonds. The number of fused-ring (bicyclic) bond motifs is 2. The molecular formula is C17H22O2.